The van der Waals surface area contributed by atoms with Gasteiger partial charge in [-0.3, -0.25) is 14.4 Å². The van der Waals surface area contributed by atoms with Gasteiger partial charge in [-0.05, 0) is 54.6 Å². The molecule has 1 heterocycles. The Hall–Kier alpha value is -5.09. The molecular formula is C31H24FN3O5S. The molecule has 1 aliphatic rings. The summed E-state index contributed by atoms with van der Waals surface area (Å²) in [5, 5.41) is 8.16. The van der Waals surface area contributed by atoms with Gasteiger partial charge in [0.2, 0.25) is 12.7 Å². The molecule has 0 aliphatic carbocycles. The molecule has 206 valence electrons. The predicted molar refractivity (Wildman–Crippen MR) is 155 cm³/mol. The first-order valence-electron chi connectivity index (χ1n) is 12.5. The maximum absolute atomic E-state index is 14.4. The Bertz CT molecular complexity index is 1630. The van der Waals surface area contributed by atoms with Crippen molar-refractivity contribution in [2.45, 2.75) is 4.90 Å². The Balaban J connectivity index is 1.25. The van der Waals surface area contributed by atoms with Crippen molar-refractivity contribution in [3.05, 3.63) is 120 Å². The lowest BCUT2D eigenvalue weighted by Crippen LogP contribution is -2.30. The van der Waals surface area contributed by atoms with Crippen LogP contribution < -0.4 is 25.4 Å². The maximum Gasteiger partial charge on any atom is 0.272 e. The van der Waals surface area contributed by atoms with E-state index >= 15 is 0 Å². The van der Waals surface area contributed by atoms with E-state index in [1.807, 2.05) is 0 Å². The molecule has 1 aliphatic heterocycles. The van der Waals surface area contributed by atoms with Crippen LogP contribution in [0, 0.1) is 5.82 Å². The third-order valence-electron chi connectivity index (χ3n) is 5.85. The zero-order valence-electron chi connectivity index (χ0n) is 21.6. The van der Waals surface area contributed by atoms with Gasteiger partial charge in [-0.25, -0.2) is 4.39 Å². The van der Waals surface area contributed by atoms with Crippen molar-refractivity contribution in [1.29, 1.82) is 0 Å². The zero-order chi connectivity index (χ0) is 28.6. The van der Waals surface area contributed by atoms with Crippen LogP contribution in [-0.2, 0) is 9.59 Å². The third-order valence-corrected chi connectivity index (χ3v) is 6.85. The number of carbonyl (C=O) groups excluding carboxylic acids is 3. The number of amides is 3. The number of anilines is 2. The highest BCUT2D eigenvalue weighted by Gasteiger charge is 2.17. The van der Waals surface area contributed by atoms with E-state index < -0.39 is 17.6 Å². The number of thioether (sulfide) groups is 1. The molecule has 5 rings (SSSR count). The fourth-order valence-electron chi connectivity index (χ4n) is 3.87. The Kier molecular flexibility index (Phi) is 8.61. The second-order valence-corrected chi connectivity index (χ2v) is 9.84. The maximum atomic E-state index is 14.4. The number of halogens is 1. The Morgan fingerprint density at radius 1 is 0.805 bits per heavy atom. The van der Waals surface area contributed by atoms with Crippen molar-refractivity contribution < 1.29 is 28.2 Å². The Morgan fingerprint density at radius 3 is 2.39 bits per heavy atom. The first-order chi connectivity index (χ1) is 19.9. The normalized spacial score (nSPS) is 12.0. The van der Waals surface area contributed by atoms with Gasteiger partial charge in [0, 0.05) is 33.5 Å². The SMILES string of the molecule is O=C(CSc1cccc(NC(=O)/C(=C/c2ccccc2F)NC(=O)c2ccccc2)c1)Nc1ccc2c(c1)OCO2. The first kappa shape index (κ1) is 27.5. The lowest BCUT2D eigenvalue weighted by Gasteiger charge is -2.12. The van der Waals surface area contributed by atoms with Crippen LogP contribution in [0.2, 0.25) is 0 Å². The number of hydrogen-bond donors (Lipinski definition) is 3. The van der Waals surface area contributed by atoms with Gasteiger partial charge in [0.15, 0.2) is 11.5 Å². The first-order valence-corrected chi connectivity index (χ1v) is 13.5. The lowest BCUT2D eigenvalue weighted by atomic mass is 10.1. The number of hydrogen-bond acceptors (Lipinski definition) is 6. The highest BCUT2D eigenvalue weighted by molar-refractivity contribution is 8.00. The van der Waals surface area contributed by atoms with Gasteiger partial charge in [0.05, 0.1) is 5.75 Å². The van der Waals surface area contributed by atoms with Crippen molar-refractivity contribution in [2.24, 2.45) is 0 Å². The van der Waals surface area contributed by atoms with Gasteiger partial charge in [-0.1, -0.05) is 42.5 Å². The number of carbonyl (C=O) groups is 3. The third kappa shape index (κ3) is 7.31. The molecule has 0 bridgehead atoms. The van der Waals surface area contributed by atoms with Gasteiger partial charge in [0.25, 0.3) is 11.8 Å². The lowest BCUT2D eigenvalue weighted by molar-refractivity contribution is -0.114. The minimum Gasteiger partial charge on any atom is -0.454 e. The van der Waals surface area contributed by atoms with E-state index in [9.17, 15) is 18.8 Å². The van der Waals surface area contributed by atoms with Crippen molar-refractivity contribution >= 4 is 46.9 Å². The molecule has 0 atom stereocenters. The largest absolute Gasteiger partial charge is 0.454 e. The summed E-state index contributed by atoms with van der Waals surface area (Å²) in [5.41, 5.74) is 1.38. The molecule has 0 unspecified atom stereocenters. The smallest absolute Gasteiger partial charge is 0.272 e. The summed E-state index contributed by atoms with van der Waals surface area (Å²) in [6.45, 7) is 0.148. The van der Waals surface area contributed by atoms with Crippen LogP contribution in [0.5, 0.6) is 11.5 Å². The summed E-state index contributed by atoms with van der Waals surface area (Å²) >= 11 is 1.28. The predicted octanol–water partition coefficient (Wildman–Crippen LogP) is 5.69. The van der Waals surface area contributed by atoms with E-state index in [0.717, 1.165) is 4.90 Å². The van der Waals surface area contributed by atoms with E-state index in [-0.39, 0.29) is 29.7 Å². The molecule has 3 amide bonds. The van der Waals surface area contributed by atoms with Crippen LogP contribution in [0.1, 0.15) is 15.9 Å². The van der Waals surface area contributed by atoms with Crippen molar-refractivity contribution in [1.82, 2.24) is 5.32 Å². The van der Waals surface area contributed by atoms with Crippen LogP contribution in [0.3, 0.4) is 0 Å². The van der Waals surface area contributed by atoms with Gasteiger partial charge < -0.3 is 25.4 Å². The number of nitrogens with one attached hydrogen (secondary N) is 3. The Morgan fingerprint density at radius 2 is 1.56 bits per heavy atom. The summed E-state index contributed by atoms with van der Waals surface area (Å²) in [5.74, 6) is -0.588. The zero-order valence-corrected chi connectivity index (χ0v) is 22.4. The van der Waals surface area contributed by atoms with Crippen LogP contribution in [0.15, 0.2) is 108 Å². The van der Waals surface area contributed by atoms with E-state index in [1.165, 1.54) is 36.0 Å². The average molecular weight is 570 g/mol. The summed E-state index contributed by atoms with van der Waals surface area (Å²) < 4.78 is 25.0. The van der Waals surface area contributed by atoms with Gasteiger partial charge >= 0.3 is 0 Å². The molecular weight excluding hydrogens is 545 g/mol. The van der Waals surface area contributed by atoms with Crippen LogP contribution >= 0.6 is 11.8 Å². The fourth-order valence-corrected chi connectivity index (χ4v) is 4.63. The van der Waals surface area contributed by atoms with Crippen LogP contribution in [0.4, 0.5) is 15.8 Å². The number of rotatable bonds is 9. The summed E-state index contributed by atoms with van der Waals surface area (Å²) in [6, 6.07) is 26.4. The molecule has 0 spiro atoms. The van der Waals surface area contributed by atoms with E-state index in [1.54, 1.807) is 78.9 Å². The molecule has 10 heteroatoms. The van der Waals surface area contributed by atoms with E-state index in [0.29, 0.717) is 28.4 Å². The fraction of sp³-hybridized carbons (Fsp3) is 0.0645. The molecule has 0 saturated heterocycles. The summed E-state index contributed by atoms with van der Waals surface area (Å²) in [6.07, 6.45) is 1.28. The Labute approximate surface area is 239 Å². The van der Waals surface area contributed by atoms with Crippen molar-refractivity contribution in [3.8, 4) is 11.5 Å². The standard InChI is InChI=1S/C31H24FN3O5S/c32-25-12-5-4-9-21(25)15-26(35-30(37)20-7-2-1-3-8-20)31(38)34-22-10-6-11-24(16-22)41-18-29(36)33-23-13-14-27-28(17-23)40-19-39-27/h1-17H,18-19H2,(H,33,36)(H,34,38)(H,35,37)/b26-15-. The molecule has 4 aromatic rings. The topological polar surface area (TPSA) is 106 Å². The van der Waals surface area contributed by atoms with Crippen LogP contribution in [0.25, 0.3) is 6.08 Å². The molecule has 0 radical (unpaired) electrons. The number of benzene rings is 4. The van der Waals surface area contributed by atoms with Crippen LogP contribution in [-0.4, -0.2) is 30.3 Å². The summed E-state index contributed by atoms with van der Waals surface area (Å²) in [7, 11) is 0. The monoisotopic (exact) mass is 569 g/mol. The van der Waals surface area contributed by atoms with E-state index in [2.05, 4.69) is 16.0 Å². The molecule has 41 heavy (non-hydrogen) atoms. The van der Waals surface area contributed by atoms with Crippen molar-refractivity contribution in [3.63, 3.8) is 0 Å². The molecule has 8 nitrogen and oxygen atoms in total. The molecule has 0 fully saturated rings. The highest BCUT2D eigenvalue weighted by Crippen LogP contribution is 2.34. The quantitative estimate of drug-likeness (QED) is 0.177. The minimum atomic E-state index is -0.639. The highest BCUT2D eigenvalue weighted by atomic mass is 32.2. The van der Waals surface area contributed by atoms with Crippen molar-refractivity contribution in [2.75, 3.05) is 23.2 Å². The second-order valence-electron chi connectivity index (χ2n) is 8.79. The van der Waals surface area contributed by atoms with Gasteiger partial charge in [0.1, 0.15) is 11.5 Å². The second kappa shape index (κ2) is 12.8. The summed E-state index contributed by atoms with van der Waals surface area (Å²) in [4.78, 5) is 39.3. The molecule has 0 aromatic heterocycles. The minimum absolute atomic E-state index is 0.122. The number of fused-ring (bicyclic) bond motifs is 1. The number of ether oxygens (including phenoxy) is 2. The van der Waals surface area contributed by atoms with E-state index in [4.69, 9.17) is 9.47 Å². The molecule has 4 aromatic carbocycles. The van der Waals surface area contributed by atoms with Gasteiger partial charge in [-0.2, -0.15) is 0 Å². The molecule has 0 saturated carbocycles. The molecule has 3 N–H and O–H groups in total. The van der Waals surface area contributed by atoms with Gasteiger partial charge in [-0.15, -0.1) is 11.8 Å². The average Bonchev–Trinajstić information content (AvgIpc) is 3.45.